The molecule has 1 N–H and O–H groups in total. The summed E-state index contributed by atoms with van der Waals surface area (Å²) < 4.78 is 71.5. The molecule has 4 aliphatic rings. The Morgan fingerprint density at radius 1 is 0.638 bits per heavy atom. The molecule has 3 aromatic carbocycles. The first-order valence-corrected chi connectivity index (χ1v) is 20.7. The maximum Gasteiger partial charge on any atom is 0.228 e. The number of benzene rings is 3. The summed E-state index contributed by atoms with van der Waals surface area (Å²) in [5, 5.41) is 8.19. The smallest absolute Gasteiger partial charge is 0.228 e. The molecule has 316 valence electrons. The Morgan fingerprint density at radius 2 is 1.21 bits per heavy atom. The van der Waals surface area contributed by atoms with E-state index in [1.54, 1.807) is 6.92 Å². The lowest BCUT2D eigenvalue weighted by molar-refractivity contribution is -0.353. The number of rotatable bonds is 15. The molecule has 4 saturated heterocycles. The normalized spacial score (nSPS) is 35.9. The molecule has 12 nitrogen and oxygen atoms in total. The molecule has 0 saturated carbocycles. The zero-order valence-electron chi connectivity index (χ0n) is 34.8. The van der Waals surface area contributed by atoms with Crippen LogP contribution in [0.25, 0.3) is 0 Å². The van der Waals surface area contributed by atoms with Crippen LogP contribution in [0.3, 0.4) is 0 Å². The fourth-order valence-corrected chi connectivity index (χ4v) is 8.34. The molecule has 7 rings (SSSR count). The molecule has 58 heavy (non-hydrogen) atoms. The Hall–Kier alpha value is -3.27. The van der Waals surface area contributed by atoms with Gasteiger partial charge in [0.1, 0.15) is 30.5 Å². The Labute approximate surface area is 343 Å². The summed E-state index contributed by atoms with van der Waals surface area (Å²) in [5.74, 6) is -1.13. The third-order valence-corrected chi connectivity index (χ3v) is 11.7. The van der Waals surface area contributed by atoms with Gasteiger partial charge >= 0.3 is 0 Å². The molecule has 0 radical (unpaired) electrons. The van der Waals surface area contributed by atoms with Crippen molar-refractivity contribution >= 4 is 5.90 Å². The molecule has 0 aliphatic carbocycles. The van der Waals surface area contributed by atoms with Crippen molar-refractivity contribution in [3.05, 3.63) is 108 Å². The molecule has 0 spiro atoms. The minimum absolute atomic E-state index is 0.0236. The summed E-state index contributed by atoms with van der Waals surface area (Å²) in [7, 11) is 0. The molecule has 14 atom stereocenters. The number of hydrogen-bond acceptors (Lipinski definition) is 12. The van der Waals surface area contributed by atoms with Gasteiger partial charge in [0.15, 0.2) is 24.3 Å². The predicted molar refractivity (Wildman–Crippen MR) is 214 cm³/mol. The van der Waals surface area contributed by atoms with Crippen LogP contribution in [0.4, 0.5) is 0 Å². The summed E-state index contributed by atoms with van der Waals surface area (Å²) in [5.41, 5.74) is 3.24. The van der Waals surface area contributed by atoms with E-state index in [1.807, 2.05) is 99.6 Å². The topological polar surface area (TPSA) is 125 Å². The summed E-state index contributed by atoms with van der Waals surface area (Å²) in [6.07, 6.45) is -6.05. The van der Waals surface area contributed by atoms with Gasteiger partial charge in [0.05, 0.1) is 51.3 Å². The Kier molecular flexibility index (Phi) is 14.3. The van der Waals surface area contributed by atoms with Crippen LogP contribution in [0, 0.1) is 23.2 Å². The van der Waals surface area contributed by atoms with Gasteiger partial charge in [0.25, 0.3) is 0 Å². The van der Waals surface area contributed by atoms with Gasteiger partial charge in [0.2, 0.25) is 6.29 Å². The number of fused-ring (bicyclic) bond motifs is 1. The van der Waals surface area contributed by atoms with Gasteiger partial charge in [-0.2, -0.15) is 0 Å². The minimum Gasteiger partial charge on any atom is -0.450 e. The highest BCUT2D eigenvalue weighted by atomic mass is 16.8. The predicted octanol–water partition coefficient (Wildman–Crippen LogP) is 7.41. The fourth-order valence-electron chi connectivity index (χ4n) is 8.34. The van der Waals surface area contributed by atoms with Crippen LogP contribution < -0.4 is 0 Å². The van der Waals surface area contributed by atoms with E-state index in [0.717, 1.165) is 16.7 Å². The van der Waals surface area contributed by atoms with E-state index in [4.69, 9.17) is 57.5 Å². The van der Waals surface area contributed by atoms with Crippen molar-refractivity contribution in [3.63, 3.8) is 0 Å². The zero-order valence-corrected chi connectivity index (χ0v) is 34.8. The van der Waals surface area contributed by atoms with E-state index < -0.39 is 55.2 Å². The molecule has 8 unspecified atom stereocenters. The van der Waals surface area contributed by atoms with Crippen LogP contribution in [-0.4, -0.2) is 92.6 Å². The van der Waals surface area contributed by atoms with Crippen molar-refractivity contribution in [2.75, 3.05) is 13.2 Å². The van der Waals surface area contributed by atoms with Crippen molar-refractivity contribution in [1.29, 1.82) is 5.41 Å². The highest BCUT2D eigenvalue weighted by Gasteiger charge is 2.58. The van der Waals surface area contributed by atoms with Crippen molar-refractivity contribution in [1.82, 2.24) is 0 Å². The lowest BCUT2D eigenvalue weighted by Crippen LogP contribution is -2.62. The number of nitrogens with one attached hydrogen (secondary N) is 1. The van der Waals surface area contributed by atoms with Crippen LogP contribution in [0.5, 0.6) is 0 Å². The van der Waals surface area contributed by atoms with Crippen LogP contribution in [0.15, 0.2) is 91.0 Å². The van der Waals surface area contributed by atoms with Gasteiger partial charge in [0, 0.05) is 12.8 Å². The van der Waals surface area contributed by atoms with Gasteiger partial charge < -0.3 is 52.1 Å². The molecule has 0 amide bonds. The van der Waals surface area contributed by atoms with Gasteiger partial charge in [-0.1, -0.05) is 112 Å². The molecule has 4 fully saturated rings. The molecular formula is C46H61NO11. The van der Waals surface area contributed by atoms with Crippen molar-refractivity contribution < 1.29 is 52.1 Å². The quantitative estimate of drug-likeness (QED) is 0.122. The summed E-state index contributed by atoms with van der Waals surface area (Å²) in [4.78, 5) is 0. The largest absolute Gasteiger partial charge is 0.450 e. The molecule has 0 bridgehead atoms. The first-order valence-electron chi connectivity index (χ1n) is 20.7. The molecular weight excluding hydrogens is 743 g/mol. The Balaban J connectivity index is 1.03. The van der Waals surface area contributed by atoms with E-state index in [2.05, 4.69) is 32.9 Å². The van der Waals surface area contributed by atoms with Crippen molar-refractivity contribution in [2.24, 2.45) is 17.8 Å². The highest BCUT2D eigenvalue weighted by Crippen LogP contribution is 2.43. The van der Waals surface area contributed by atoms with E-state index in [1.165, 1.54) is 0 Å². The zero-order chi connectivity index (χ0) is 40.8. The summed E-state index contributed by atoms with van der Waals surface area (Å²) in [6, 6.07) is 30.3. The monoisotopic (exact) mass is 803 g/mol. The highest BCUT2D eigenvalue weighted by molar-refractivity contribution is 5.69. The minimum atomic E-state index is -0.937. The van der Waals surface area contributed by atoms with Gasteiger partial charge in [-0.3, -0.25) is 5.41 Å². The van der Waals surface area contributed by atoms with Crippen LogP contribution in [0.1, 0.15) is 65.2 Å². The van der Waals surface area contributed by atoms with E-state index in [-0.39, 0.29) is 48.6 Å². The fraction of sp³-hybridized carbons (Fsp3) is 0.587. The number of ether oxygens (including phenoxy) is 11. The average Bonchev–Trinajstić information content (AvgIpc) is 3.55. The average molecular weight is 804 g/mol. The summed E-state index contributed by atoms with van der Waals surface area (Å²) in [6.45, 7) is 15.6. The van der Waals surface area contributed by atoms with Gasteiger partial charge in [-0.25, -0.2) is 0 Å². The molecule has 4 aliphatic heterocycles. The Morgan fingerprint density at radius 3 is 1.83 bits per heavy atom. The van der Waals surface area contributed by atoms with Crippen molar-refractivity contribution in [3.8, 4) is 0 Å². The second-order valence-corrected chi connectivity index (χ2v) is 16.6. The van der Waals surface area contributed by atoms with Crippen molar-refractivity contribution in [2.45, 2.75) is 142 Å². The van der Waals surface area contributed by atoms with Crippen LogP contribution in [-0.2, 0) is 71.9 Å². The van der Waals surface area contributed by atoms with Crippen LogP contribution in [0.2, 0.25) is 0 Å². The Bertz CT molecular complexity index is 1720. The first-order chi connectivity index (χ1) is 28.0. The third-order valence-electron chi connectivity index (χ3n) is 11.7. The van der Waals surface area contributed by atoms with Gasteiger partial charge in [-0.05, 0) is 49.3 Å². The second-order valence-electron chi connectivity index (χ2n) is 16.6. The molecule has 12 heteroatoms. The lowest BCUT2D eigenvalue weighted by atomic mass is 9.83. The third kappa shape index (κ3) is 10.5. The first kappa shape index (κ1) is 42.8. The second kappa shape index (κ2) is 19.4. The van der Waals surface area contributed by atoms with Gasteiger partial charge in [-0.15, -0.1) is 0 Å². The number of hydrogen-bond donors (Lipinski definition) is 1. The van der Waals surface area contributed by atoms with E-state index in [0.29, 0.717) is 26.4 Å². The van der Waals surface area contributed by atoms with Crippen LogP contribution >= 0.6 is 0 Å². The SMILES string of the molecule is CC(=N)O[C@H]1OC(COCc2ccccc2)[C@H](C)C(C)C1O[C@@H]1OC(C)[C@H](O[C@@H]2OC[C@@H](OCc3ccccc3)C(OCc3ccccc3)C2C)C2OC(C)(C)OC21. The lowest BCUT2D eigenvalue weighted by Gasteiger charge is -2.48. The van der Waals surface area contributed by atoms with E-state index in [9.17, 15) is 0 Å². The molecule has 3 aromatic rings. The molecule has 4 heterocycles. The maximum atomic E-state index is 8.19. The maximum absolute atomic E-state index is 8.19. The standard InChI is InChI=1S/C46H61NO11/c1-28-29(2)39(44(53-32(5)47)54-36(28)26-48-23-33-17-11-8-12-18-33)55-45-42-41(57-46(6,7)58-42)40(31(4)52-45)56-43-30(3)38(50-25-35-21-15-10-16-22-35)37(27-51-43)49-24-34-19-13-9-14-20-34/h8-22,28-31,36-45,47H,23-27H2,1-7H3/t28-,29?,30?,31?,36?,37-,38?,39?,40+,41?,42?,43+,44+,45+/m1/s1. The summed E-state index contributed by atoms with van der Waals surface area (Å²) >= 11 is 0. The van der Waals surface area contributed by atoms with E-state index >= 15 is 0 Å². The molecule has 0 aromatic heterocycles.